The molecule has 3 nitrogen and oxygen atoms in total. The Morgan fingerprint density at radius 3 is 2.80 bits per heavy atom. The lowest BCUT2D eigenvalue weighted by molar-refractivity contribution is 0.0686. The molecule has 0 atom stereocenters. The number of hydrogen-bond donors (Lipinski definition) is 1. The number of aryl methyl sites for hydroxylation is 1. The van der Waals surface area contributed by atoms with Crippen LogP contribution in [-0.2, 0) is 6.54 Å². The van der Waals surface area contributed by atoms with Gasteiger partial charge in [-0.05, 0) is 31.2 Å². The molecule has 0 saturated carbocycles. The van der Waals surface area contributed by atoms with Gasteiger partial charge in [0.25, 0.3) is 0 Å². The minimum atomic E-state index is -0.913. The lowest BCUT2D eigenvalue weighted by Gasteiger charge is -2.03. The van der Waals surface area contributed by atoms with Gasteiger partial charge in [-0.25, -0.2) is 4.79 Å². The van der Waals surface area contributed by atoms with Crippen LogP contribution in [0.1, 0.15) is 17.4 Å². The van der Waals surface area contributed by atoms with Gasteiger partial charge in [0.15, 0.2) is 0 Å². The normalized spacial score (nSPS) is 10.8. The molecule has 0 spiro atoms. The topological polar surface area (TPSA) is 42.2 Å². The first-order valence-corrected chi connectivity index (χ1v) is 5.03. The molecule has 0 fully saturated rings. The molecule has 1 aromatic carbocycles. The van der Waals surface area contributed by atoms with Crippen molar-refractivity contribution in [2.45, 2.75) is 13.5 Å². The van der Waals surface area contributed by atoms with E-state index in [9.17, 15) is 4.79 Å². The molecule has 0 amide bonds. The number of aromatic nitrogens is 1. The van der Waals surface area contributed by atoms with E-state index in [-0.39, 0.29) is 0 Å². The highest BCUT2D eigenvalue weighted by Gasteiger charge is 2.13. The Labute approximate surface area is 91.9 Å². The van der Waals surface area contributed by atoms with E-state index in [0.29, 0.717) is 17.3 Å². The Balaban J connectivity index is 2.78. The quantitative estimate of drug-likeness (QED) is 0.851. The zero-order chi connectivity index (χ0) is 11.0. The van der Waals surface area contributed by atoms with E-state index in [1.165, 1.54) is 0 Å². The lowest BCUT2D eigenvalue weighted by Crippen LogP contribution is -2.06. The Hall–Kier alpha value is -1.48. The molecular weight excluding hydrogens is 214 g/mol. The van der Waals surface area contributed by atoms with E-state index in [1.54, 1.807) is 22.8 Å². The number of nitrogens with zero attached hydrogens (tertiary/aromatic N) is 1. The van der Waals surface area contributed by atoms with Crippen molar-refractivity contribution in [1.82, 2.24) is 4.57 Å². The summed E-state index contributed by atoms with van der Waals surface area (Å²) in [7, 11) is 0. The summed E-state index contributed by atoms with van der Waals surface area (Å²) in [6, 6.07) is 7.03. The van der Waals surface area contributed by atoms with E-state index < -0.39 is 5.97 Å². The van der Waals surface area contributed by atoms with Crippen LogP contribution in [-0.4, -0.2) is 15.6 Å². The standard InChI is InChI=1S/C11H10ClNO2/c1-2-13-9-4-3-8(12)5-7(9)6-10(13)11(14)15/h3-6H,2H2,1H3,(H,14,15). The predicted molar refractivity (Wildman–Crippen MR) is 59.6 cm³/mol. The Morgan fingerprint density at radius 1 is 1.47 bits per heavy atom. The summed E-state index contributed by atoms with van der Waals surface area (Å²) in [4.78, 5) is 11.0. The van der Waals surface area contributed by atoms with Gasteiger partial charge >= 0.3 is 5.97 Å². The van der Waals surface area contributed by atoms with Gasteiger partial charge in [0.1, 0.15) is 5.69 Å². The summed E-state index contributed by atoms with van der Waals surface area (Å²) in [5.74, 6) is -0.913. The number of hydrogen-bond acceptors (Lipinski definition) is 1. The minimum Gasteiger partial charge on any atom is -0.477 e. The molecule has 15 heavy (non-hydrogen) atoms. The summed E-state index contributed by atoms with van der Waals surface area (Å²) in [5.41, 5.74) is 1.20. The summed E-state index contributed by atoms with van der Waals surface area (Å²) < 4.78 is 1.76. The van der Waals surface area contributed by atoms with E-state index in [0.717, 1.165) is 10.9 Å². The second kappa shape index (κ2) is 3.59. The number of carboxylic acids is 1. The zero-order valence-corrected chi connectivity index (χ0v) is 8.95. The number of halogens is 1. The van der Waals surface area contributed by atoms with Crippen molar-refractivity contribution in [2.24, 2.45) is 0 Å². The van der Waals surface area contributed by atoms with Gasteiger partial charge in [0, 0.05) is 22.5 Å². The molecule has 4 heteroatoms. The molecule has 1 aromatic heterocycles. The van der Waals surface area contributed by atoms with Gasteiger partial charge in [0.2, 0.25) is 0 Å². The van der Waals surface area contributed by atoms with Gasteiger partial charge in [-0.2, -0.15) is 0 Å². The molecule has 0 radical (unpaired) electrons. The minimum absolute atomic E-state index is 0.301. The van der Waals surface area contributed by atoms with E-state index >= 15 is 0 Å². The largest absolute Gasteiger partial charge is 0.477 e. The van der Waals surface area contributed by atoms with Crippen LogP contribution in [0.5, 0.6) is 0 Å². The van der Waals surface area contributed by atoms with Crippen molar-refractivity contribution in [3.8, 4) is 0 Å². The Kier molecular flexibility index (Phi) is 2.40. The van der Waals surface area contributed by atoms with Gasteiger partial charge in [-0.15, -0.1) is 0 Å². The van der Waals surface area contributed by atoms with Crippen LogP contribution in [0, 0.1) is 0 Å². The lowest BCUT2D eigenvalue weighted by atomic mass is 10.2. The maximum absolute atomic E-state index is 11.0. The molecule has 0 bridgehead atoms. The highest BCUT2D eigenvalue weighted by molar-refractivity contribution is 6.31. The van der Waals surface area contributed by atoms with Crippen molar-refractivity contribution < 1.29 is 9.90 Å². The van der Waals surface area contributed by atoms with Gasteiger partial charge < -0.3 is 9.67 Å². The summed E-state index contributed by atoms with van der Waals surface area (Å²) in [6.07, 6.45) is 0. The molecule has 1 N–H and O–H groups in total. The first-order valence-electron chi connectivity index (χ1n) is 4.65. The molecule has 0 aliphatic rings. The van der Waals surface area contributed by atoms with Gasteiger partial charge in [-0.1, -0.05) is 11.6 Å². The molecule has 0 unspecified atom stereocenters. The number of fused-ring (bicyclic) bond motifs is 1. The first-order chi connectivity index (χ1) is 7.13. The molecular formula is C11H10ClNO2. The van der Waals surface area contributed by atoms with E-state index in [2.05, 4.69) is 0 Å². The maximum atomic E-state index is 11.0. The third-order valence-corrected chi connectivity index (χ3v) is 2.63. The first kappa shape index (κ1) is 10.1. The third-order valence-electron chi connectivity index (χ3n) is 2.40. The average molecular weight is 224 g/mol. The molecule has 78 valence electrons. The molecule has 0 aliphatic heterocycles. The number of rotatable bonds is 2. The smallest absolute Gasteiger partial charge is 0.352 e. The number of aromatic carboxylic acids is 1. The van der Waals surface area contributed by atoms with Crippen LogP contribution < -0.4 is 0 Å². The van der Waals surface area contributed by atoms with Crippen LogP contribution >= 0.6 is 11.6 Å². The Morgan fingerprint density at radius 2 is 2.20 bits per heavy atom. The fourth-order valence-electron chi connectivity index (χ4n) is 1.76. The van der Waals surface area contributed by atoms with Crippen molar-refractivity contribution in [1.29, 1.82) is 0 Å². The molecule has 0 saturated heterocycles. The van der Waals surface area contributed by atoms with Crippen LogP contribution in [0.15, 0.2) is 24.3 Å². The van der Waals surface area contributed by atoms with Gasteiger partial charge in [0.05, 0.1) is 0 Å². The SMILES string of the molecule is CCn1c(C(=O)O)cc2cc(Cl)ccc21. The molecule has 0 aliphatic carbocycles. The summed E-state index contributed by atoms with van der Waals surface area (Å²) >= 11 is 5.85. The highest BCUT2D eigenvalue weighted by atomic mass is 35.5. The van der Waals surface area contributed by atoms with Crippen LogP contribution in [0.3, 0.4) is 0 Å². The fourth-order valence-corrected chi connectivity index (χ4v) is 1.94. The molecule has 2 rings (SSSR count). The van der Waals surface area contributed by atoms with Gasteiger partial charge in [-0.3, -0.25) is 0 Å². The van der Waals surface area contributed by atoms with Crippen LogP contribution in [0.4, 0.5) is 0 Å². The molecule has 2 aromatic rings. The van der Waals surface area contributed by atoms with Crippen LogP contribution in [0.2, 0.25) is 5.02 Å². The average Bonchev–Trinajstić information content (AvgIpc) is 2.55. The predicted octanol–water partition coefficient (Wildman–Crippen LogP) is 3.01. The summed E-state index contributed by atoms with van der Waals surface area (Å²) in [5, 5.41) is 10.5. The van der Waals surface area contributed by atoms with Crippen molar-refractivity contribution in [2.75, 3.05) is 0 Å². The van der Waals surface area contributed by atoms with Crippen molar-refractivity contribution in [3.63, 3.8) is 0 Å². The molecule has 1 heterocycles. The number of carbonyl (C=O) groups is 1. The monoisotopic (exact) mass is 223 g/mol. The maximum Gasteiger partial charge on any atom is 0.352 e. The zero-order valence-electron chi connectivity index (χ0n) is 8.20. The summed E-state index contributed by atoms with van der Waals surface area (Å²) in [6.45, 7) is 2.55. The highest BCUT2D eigenvalue weighted by Crippen LogP contribution is 2.23. The third kappa shape index (κ3) is 1.59. The number of benzene rings is 1. The van der Waals surface area contributed by atoms with E-state index in [4.69, 9.17) is 16.7 Å². The van der Waals surface area contributed by atoms with Crippen molar-refractivity contribution in [3.05, 3.63) is 35.0 Å². The second-order valence-corrected chi connectivity index (χ2v) is 3.72. The fraction of sp³-hybridized carbons (Fsp3) is 0.182. The van der Waals surface area contributed by atoms with Crippen LogP contribution in [0.25, 0.3) is 10.9 Å². The van der Waals surface area contributed by atoms with E-state index in [1.807, 2.05) is 13.0 Å². The Bertz CT molecular complexity index is 531. The number of carboxylic acid groups (broad SMARTS) is 1. The van der Waals surface area contributed by atoms with Crippen molar-refractivity contribution >= 4 is 28.5 Å². The second-order valence-electron chi connectivity index (χ2n) is 3.28.